The Labute approximate surface area is 166 Å². The molecule has 1 aromatic heterocycles. The number of aromatic amines is 2. The van der Waals surface area contributed by atoms with Gasteiger partial charge in [0.15, 0.2) is 0 Å². The molecule has 3 N–H and O–H groups in total. The zero-order valence-electron chi connectivity index (χ0n) is 15.0. The largest absolute Gasteiger partial charge is 0.573 e. The molecule has 0 aliphatic heterocycles. The molecule has 0 unspecified atom stereocenters. The number of anilines is 1. The quantitative estimate of drug-likeness (QED) is 0.526. The Bertz CT molecular complexity index is 1340. The Hall–Kier alpha value is -3.28. The van der Waals surface area contributed by atoms with Crippen molar-refractivity contribution in [2.75, 3.05) is 4.72 Å². The van der Waals surface area contributed by atoms with Gasteiger partial charge in [0.05, 0.1) is 15.9 Å². The molecule has 0 bridgehead atoms. The third-order valence-corrected chi connectivity index (χ3v) is 5.94. The fraction of sp³-hybridized carbons (Fsp3) is 0.222. The van der Waals surface area contributed by atoms with Gasteiger partial charge in [0.1, 0.15) is 5.75 Å². The summed E-state index contributed by atoms with van der Waals surface area (Å²) in [6, 6.07) is 7.00. The molecule has 0 radical (unpaired) electrons. The van der Waals surface area contributed by atoms with Gasteiger partial charge < -0.3 is 14.7 Å². The standard InChI is InChI=1S/C18H14F3N3O5S/c19-18(20,21)29-11-5-3-10(4-6-11)24-30(27,28)15-8-14-13(7-12(15)9-1-2-9)22-16(25)17(26)23-14/h3-9,24H,1-2H2,(H,22,25)(H,23,26). The summed E-state index contributed by atoms with van der Waals surface area (Å²) in [5.74, 6) is -0.504. The van der Waals surface area contributed by atoms with Crippen LogP contribution in [-0.2, 0) is 10.0 Å². The predicted octanol–water partition coefficient (Wildman–Crippen LogP) is 2.79. The van der Waals surface area contributed by atoms with Gasteiger partial charge in [0, 0.05) is 5.69 Å². The minimum absolute atomic E-state index is 0.0148. The average Bonchev–Trinajstić information content (AvgIpc) is 3.47. The molecule has 0 spiro atoms. The number of nitrogens with one attached hydrogen (secondary N) is 3. The molecule has 1 fully saturated rings. The molecule has 8 nitrogen and oxygen atoms in total. The van der Waals surface area contributed by atoms with E-state index in [2.05, 4.69) is 19.4 Å². The summed E-state index contributed by atoms with van der Waals surface area (Å²) in [4.78, 5) is 27.8. The van der Waals surface area contributed by atoms with E-state index in [-0.39, 0.29) is 22.0 Å². The van der Waals surface area contributed by atoms with Gasteiger partial charge in [-0.1, -0.05) is 0 Å². The van der Waals surface area contributed by atoms with Crippen LogP contribution >= 0.6 is 0 Å². The summed E-state index contributed by atoms with van der Waals surface area (Å²) in [6.45, 7) is 0. The fourth-order valence-corrected chi connectivity index (χ4v) is 4.41. The molecule has 1 aliphatic rings. The lowest BCUT2D eigenvalue weighted by Gasteiger charge is -2.14. The van der Waals surface area contributed by atoms with Gasteiger partial charge in [-0.15, -0.1) is 13.2 Å². The number of alkyl halides is 3. The topological polar surface area (TPSA) is 121 Å². The van der Waals surface area contributed by atoms with Gasteiger partial charge in [0.25, 0.3) is 10.0 Å². The van der Waals surface area contributed by atoms with Crippen LogP contribution in [0.3, 0.4) is 0 Å². The summed E-state index contributed by atoms with van der Waals surface area (Å²) >= 11 is 0. The van der Waals surface area contributed by atoms with Crippen molar-refractivity contribution in [3.8, 4) is 5.75 Å². The van der Waals surface area contributed by atoms with Crippen LogP contribution in [0.2, 0.25) is 0 Å². The first-order valence-corrected chi connectivity index (χ1v) is 10.2. The van der Waals surface area contributed by atoms with Gasteiger partial charge in [-0.3, -0.25) is 14.3 Å². The SMILES string of the molecule is O=c1[nH]c2cc(C3CC3)c(S(=O)(=O)Nc3ccc(OC(F)(F)F)cc3)cc2[nH]c1=O. The number of hydrogen-bond acceptors (Lipinski definition) is 5. The minimum atomic E-state index is -4.86. The van der Waals surface area contributed by atoms with Gasteiger partial charge >= 0.3 is 17.5 Å². The van der Waals surface area contributed by atoms with Crippen LogP contribution < -0.4 is 20.6 Å². The number of sulfonamides is 1. The van der Waals surface area contributed by atoms with E-state index in [9.17, 15) is 31.2 Å². The molecule has 158 valence electrons. The second kappa shape index (κ2) is 6.90. The molecule has 0 atom stereocenters. The van der Waals surface area contributed by atoms with E-state index in [1.807, 2.05) is 0 Å². The van der Waals surface area contributed by atoms with Crippen molar-refractivity contribution in [3.05, 3.63) is 62.7 Å². The number of H-pyrrole nitrogens is 2. The van der Waals surface area contributed by atoms with Crippen molar-refractivity contribution in [3.63, 3.8) is 0 Å². The molecule has 3 aromatic rings. The monoisotopic (exact) mass is 441 g/mol. The summed E-state index contributed by atoms with van der Waals surface area (Å²) in [5.41, 5.74) is -0.819. The van der Waals surface area contributed by atoms with Crippen LogP contribution in [0.4, 0.5) is 18.9 Å². The number of benzene rings is 2. The molecular formula is C18H14F3N3O5S. The lowest BCUT2D eigenvalue weighted by atomic mass is 10.1. The van der Waals surface area contributed by atoms with E-state index < -0.39 is 33.3 Å². The highest BCUT2D eigenvalue weighted by atomic mass is 32.2. The maximum Gasteiger partial charge on any atom is 0.573 e. The number of fused-ring (bicyclic) bond motifs is 1. The Morgan fingerprint density at radius 3 is 2.07 bits per heavy atom. The number of halogens is 3. The third kappa shape index (κ3) is 4.17. The fourth-order valence-electron chi connectivity index (χ4n) is 3.04. The van der Waals surface area contributed by atoms with E-state index in [0.29, 0.717) is 11.1 Å². The van der Waals surface area contributed by atoms with Crippen LogP contribution in [0.25, 0.3) is 11.0 Å². The first-order chi connectivity index (χ1) is 14.0. The van der Waals surface area contributed by atoms with Crippen LogP contribution in [0, 0.1) is 0 Å². The van der Waals surface area contributed by atoms with Crippen molar-refractivity contribution < 1.29 is 26.3 Å². The summed E-state index contributed by atoms with van der Waals surface area (Å²) in [5, 5.41) is 0. The Morgan fingerprint density at radius 2 is 1.53 bits per heavy atom. The van der Waals surface area contributed by atoms with Crippen LogP contribution in [0.15, 0.2) is 50.9 Å². The number of rotatable bonds is 5. The normalized spacial score (nSPS) is 14.6. The molecule has 4 rings (SSSR count). The molecule has 0 saturated heterocycles. The predicted molar refractivity (Wildman–Crippen MR) is 101 cm³/mol. The maximum absolute atomic E-state index is 13.0. The molecule has 1 heterocycles. The lowest BCUT2D eigenvalue weighted by Crippen LogP contribution is -2.29. The van der Waals surface area contributed by atoms with E-state index in [4.69, 9.17) is 0 Å². The Kier molecular flexibility index (Phi) is 4.60. The van der Waals surface area contributed by atoms with Crippen LogP contribution in [0.5, 0.6) is 5.75 Å². The van der Waals surface area contributed by atoms with Gasteiger partial charge in [-0.2, -0.15) is 0 Å². The Morgan fingerprint density at radius 1 is 0.967 bits per heavy atom. The molecule has 0 amide bonds. The lowest BCUT2D eigenvalue weighted by molar-refractivity contribution is -0.274. The van der Waals surface area contributed by atoms with Crippen molar-refractivity contribution in [2.24, 2.45) is 0 Å². The molecule has 2 aromatic carbocycles. The van der Waals surface area contributed by atoms with Gasteiger partial charge in [0.2, 0.25) is 0 Å². The van der Waals surface area contributed by atoms with E-state index in [1.165, 1.54) is 12.1 Å². The molecule has 30 heavy (non-hydrogen) atoms. The van der Waals surface area contributed by atoms with E-state index >= 15 is 0 Å². The third-order valence-electron chi connectivity index (χ3n) is 4.50. The highest BCUT2D eigenvalue weighted by Crippen LogP contribution is 2.44. The second-order valence-corrected chi connectivity index (χ2v) is 8.45. The molecular weight excluding hydrogens is 427 g/mol. The van der Waals surface area contributed by atoms with Gasteiger partial charge in [-0.05, 0) is 60.7 Å². The van der Waals surface area contributed by atoms with E-state index in [1.54, 1.807) is 0 Å². The summed E-state index contributed by atoms with van der Waals surface area (Å²) in [6.07, 6.45) is -3.32. The second-order valence-electron chi connectivity index (χ2n) is 6.80. The number of aromatic nitrogens is 2. The minimum Gasteiger partial charge on any atom is -0.406 e. The van der Waals surface area contributed by atoms with Crippen molar-refractivity contribution in [1.29, 1.82) is 0 Å². The number of hydrogen-bond donors (Lipinski definition) is 3. The molecule has 1 aliphatic carbocycles. The number of ether oxygens (including phenoxy) is 1. The maximum atomic E-state index is 13.0. The molecule has 12 heteroatoms. The first kappa shape index (κ1) is 20.0. The van der Waals surface area contributed by atoms with Crippen LogP contribution in [-0.4, -0.2) is 24.7 Å². The first-order valence-electron chi connectivity index (χ1n) is 8.71. The average molecular weight is 441 g/mol. The van der Waals surface area contributed by atoms with Crippen molar-refractivity contribution in [1.82, 2.24) is 9.97 Å². The highest BCUT2D eigenvalue weighted by Gasteiger charge is 2.32. The van der Waals surface area contributed by atoms with Gasteiger partial charge in [-0.25, -0.2) is 8.42 Å². The van der Waals surface area contributed by atoms with Crippen LogP contribution in [0.1, 0.15) is 24.3 Å². The van der Waals surface area contributed by atoms with Crippen molar-refractivity contribution >= 4 is 26.7 Å². The smallest absolute Gasteiger partial charge is 0.406 e. The Balaban J connectivity index is 1.71. The zero-order chi connectivity index (χ0) is 21.7. The molecule has 1 saturated carbocycles. The van der Waals surface area contributed by atoms with Crippen molar-refractivity contribution in [2.45, 2.75) is 30.0 Å². The summed E-state index contributed by atoms with van der Waals surface area (Å²) in [7, 11) is -4.14. The highest BCUT2D eigenvalue weighted by molar-refractivity contribution is 7.92. The summed E-state index contributed by atoms with van der Waals surface area (Å²) < 4.78 is 68.8. The zero-order valence-corrected chi connectivity index (χ0v) is 15.9. The van der Waals surface area contributed by atoms with E-state index in [0.717, 1.165) is 37.1 Å².